The van der Waals surface area contributed by atoms with Gasteiger partial charge in [0.15, 0.2) is 5.82 Å². The molecule has 2 amide bonds. The number of ether oxygens (including phenoxy) is 1. The molecule has 3 rings (SSSR count). The maximum atomic E-state index is 12.1. The van der Waals surface area contributed by atoms with Crippen molar-refractivity contribution < 1.29 is 9.53 Å². The summed E-state index contributed by atoms with van der Waals surface area (Å²) < 4.78 is 5.49. The van der Waals surface area contributed by atoms with Gasteiger partial charge in [0, 0.05) is 19.3 Å². The van der Waals surface area contributed by atoms with E-state index in [0.717, 1.165) is 5.56 Å². The average Bonchev–Trinajstić information content (AvgIpc) is 2.76. The van der Waals surface area contributed by atoms with E-state index in [-0.39, 0.29) is 6.03 Å². The van der Waals surface area contributed by atoms with Gasteiger partial charge >= 0.3 is 6.03 Å². The van der Waals surface area contributed by atoms with Crippen LogP contribution in [0.4, 0.5) is 27.9 Å². The highest BCUT2D eigenvalue weighted by molar-refractivity contribution is 5.90. The molecule has 2 heterocycles. The number of aryl methyl sites for hydroxylation is 1. The van der Waals surface area contributed by atoms with Crippen LogP contribution in [0.2, 0.25) is 0 Å². The molecule has 156 valence electrons. The second-order valence-corrected chi connectivity index (χ2v) is 6.39. The summed E-state index contributed by atoms with van der Waals surface area (Å²) in [7, 11) is 0. The summed E-state index contributed by atoms with van der Waals surface area (Å²) in [6.45, 7) is 5.32. The van der Waals surface area contributed by atoms with E-state index >= 15 is 0 Å². The number of urea groups is 1. The van der Waals surface area contributed by atoms with Gasteiger partial charge in [-0.2, -0.15) is 0 Å². The van der Waals surface area contributed by atoms with Gasteiger partial charge in [0.05, 0.1) is 12.3 Å². The summed E-state index contributed by atoms with van der Waals surface area (Å²) in [6.07, 6.45) is 1.78. The van der Waals surface area contributed by atoms with E-state index in [2.05, 4.69) is 36.4 Å². The fraction of sp³-hybridized carbons (Fsp3) is 0.238. The smallest absolute Gasteiger partial charge is 0.319 e. The van der Waals surface area contributed by atoms with Crippen LogP contribution in [0.1, 0.15) is 12.5 Å². The lowest BCUT2D eigenvalue weighted by atomic mass is 10.3. The molecule has 0 aliphatic rings. The molecule has 30 heavy (non-hydrogen) atoms. The van der Waals surface area contributed by atoms with Crippen molar-refractivity contribution in [3.05, 3.63) is 60.3 Å². The lowest BCUT2D eigenvalue weighted by molar-refractivity contribution is 0.252. The second-order valence-electron chi connectivity index (χ2n) is 6.39. The van der Waals surface area contributed by atoms with Gasteiger partial charge in [-0.15, -0.1) is 10.2 Å². The Morgan fingerprint density at radius 3 is 2.47 bits per heavy atom. The van der Waals surface area contributed by atoms with Crippen LogP contribution < -0.4 is 26.0 Å². The molecular weight excluding hydrogens is 382 g/mol. The first-order valence-electron chi connectivity index (χ1n) is 9.68. The van der Waals surface area contributed by atoms with E-state index in [1.54, 1.807) is 12.3 Å². The number of aromatic nitrogens is 3. The minimum atomic E-state index is -0.305. The van der Waals surface area contributed by atoms with Gasteiger partial charge in [0.1, 0.15) is 17.4 Å². The molecular formula is C21H25N7O2. The highest BCUT2D eigenvalue weighted by Gasteiger charge is 2.06. The van der Waals surface area contributed by atoms with Crippen molar-refractivity contribution in [1.29, 1.82) is 0 Å². The van der Waals surface area contributed by atoms with E-state index in [0.29, 0.717) is 48.6 Å². The van der Waals surface area contributed by atoms with Crippen molar-refractivity contribution in [3.63, 3.8) is 0 Å². The van der Waals surface area contributed by atoms with Gasteiger partial charge in [-0.25, -0.2) is 9.78 Å². The molecule has 0 fully saturated rings. The molecule has 0 bridgehead atoms. The van der Waals surface area contributed by atoms with Gasteiger partial charge in [0.25, 0.3) is 0 Å². The van der Waals surface area contributed by atoms with Gasteiger partial charge in [-0.05, 0) is 49.7 Å². The maximum absolute atomic E-state index is 12.1. The largest absolute Gasteiger partial charge is 0.492 e. The maximum Gasteiger partial charge on any atom is 0.319 e. The summed E-state index contributed by atoms with van der Waals surface area (Å²) in [6, 6.07) is 14.5. The van der Waals surface area contributed by atoms with Crippen LogP contribution in [0.25, 0.3) is 0 Å². The van der Waals surface area contributed by atoms with Gasteiger partial charge in [-0.3, -0.25) is 0 Å². The Morgan fingerprint density at radius 2 is 1.73 bits per heavy atom. The first kappa shape index (κ1) is 20.8. The third kappa shape index (κ3) is 6.33. The highest BCUT2D eigenvalue weighted by atomic mass is 16.5. The minimum absolute atomic E-state index is 0.305. The van der Waals surface area contributed by atoms with Crippen molar-refractivity contribution in [2.24, 2.45) is 0 Å². The molecule has 3 aromatic rings. The Bertz CT molecular complexity index is 946. The zero-order valence-electron chi connectivity index (χ0n) is 17.0. The van der Waals surface area contributed by atoms with Crippen LogP contribution in [0.3, 0.4) is 0 Å². The molecule has 9 heteroatoms. The molecule has 0 saturated carbocycles. The number of pyridine rings is 1. The molecule has 0 aliphatic heterocycles. The monoisotopic (exact) mass is 407 g/mol. The quantitative estimate of drug-likeness (QED) is 0.401. The van der Waals surface area contributed by atoms with Gasteiger partial charge < -0.3 is 26.0 Å². The normalized spacial score (nSPS) is 10.2. The van der Waals surface area contributed by atoms with Crippen molar-refractivity contribution in [2.75, 3.05) is 35.6 Å². The van der Waals surface area contributed by atoms with Crippen molar-refractivity contribution in [3.8, 4) is 5.75 Å². The predicted molar refractivity (Wildman–Crippen MR) is 117 cm³/mol. The molecule has 0 atom stereocenters. The van der Waals surface area contributed by atoms with Gasteiger partial charge in [0.2, 0.25) is 0 Å². The number of rotatable bonds is 9. The van der Waals surface area contributed by atoms with Crippen molar-refractivity contribution in [2.45, 2.75) is 13.8 Å². The molecule has 0 radical (unpaired) electrons. The zero-order chi connectivity index (χ0) is 21.2. The number of carbonyl (C=O) groups is 1. The number of benzene rings is 1. The molecule has 4 N–H and O–H groups in total. The van der Waals surface area contributed by atoms with Crippen LogP contribution in [0.15, 0.2) is 54.7 Å². The van der Waals surface area contributed by atoms with Crippen LogP contribution >= 0.6 is 0 Å². The molecule has 0 aliphatic carbocycles. The SMILES string of the molecule is CCOc1ccccc1NC(=O)NCCNc1ccc(Nc2ccc(C)cn2)nn1. The summed E-state index contributed by atoms with van der Waals surface area (Å²) >= 11 is 0. The molecule has 0 spiro atoms. The Balaban J connectivity index is 1.40. The molecule has 1 aromatic carbocycles. The van der Waals surface area contributed by atoms with Crippen LogP contribution in [0.5, 0.6) is 5.75 Å². The van der Waals surface area contributed by atoms with E-state index in [4.69, 9.17) is 4.74 Å². The van der Waals surface area contributed by atoms with E-state index in [9.17, 15) is 4.79 Å². The molecule has 9 nitrogen and oxygen atoms in total. The highest BCUT2D eigenvalue weighted by Crippen LogP contribution is 2.23. The van der Waals surface area contributed by atoms with Crippen LogP contribution in [-0.4, -0.2) is 40.9 Å². The number of nitrogens with one attached hydrogen (secondary N) is 4. The fourth-order valence-corrected chi connectivity index (χ4v) is 2.55. The Kier molecular flexibility index (Phi) is 7.37. The van der Waals surface area contributed by atoms with E-state index in [1.807, 2.05) is 56.3 Å². The lowest BCUT2D eigenvalue weighted by Gasteiger charge is -2.12. The zero-order valence-corrected chi connectivity index (χ0v) is 17.0. The average molecular weight is 407 g/mol. The molecule has 0 saturated heterocycles. The molecule has 0 unspecified atom stereocenters. The summed E-state index contributed by atoms with van der Waals surface area (Å²) in [4.78, 5) is 16.3. The Labute approximate surface area is 175 Å². The predicted octanol–water partition coefficient (Wildman–Crippen LogP) is 3.56. The van der Waals surface area contributed by atoms with Crippen molar-refractivity contribution >= 4 is 29.2 Å². The minimum Gasteiger partial charge on any atom is -0.492 e. The summed E-state index contributed by atoms with van der Waals surface area (Å²) in [5, 5.41) is 20.0. The van der Waals surface area contributed by atoms with Gasteiger partial charge in [-0.1, -0.05) is 18.2 Å². The number of hydrogen-bond donors (Lipinski definition) is 4. The van der Waals surface area contributed by atoms with Crippen LogP contribution in [0, 0.1) is 6.92 Å². The second kappa shape index (κ2) is 10.6. The third-order valence-electron chi connectivity index (χ3n) is 3.98. The lowest BCUT2D eigenvalue weighted by Crippen LogP contribution is -2.32. The number of hydrogen-bond acceptors (Lipinski definition) is 7. The van der Waals surface area contributed by atoms with E-state index in [1.165, 1.54) is 0 Å². The number of para-hydroxylation sites is 2. The first-order chi connectivity index (χ1) is 14.6. The number of carbonyl (C=O) groups excluding carboxylic acids is 1. The topological polar surface area (TPSA) is 113 Å². The number of nitrogens with zero attached hydrogens (tertiary/aromatic N) is 3. The fourth-order valence-electron chi connectivity index (χ4n) is 2.55. The standard InChI is InChI=1S/C21H25N7O2/c1-3-30-17-7-5-4-6-16(17)25-21(29)23-13-12-22-19-10-11-20(28-27-19)26-18-9-8-15(2)14-24-18/h4-11,14H,3,12-13H2,1-2H3,(H,22,27)(H2,23,25,29)(H,24,26,28). The molecule has 2 aromatic heterocycles. The van der Waals surface area contributed by atoms with E-state index < -0.39 is 0 Å². The summed E-state index contributed by atoms with van der Waals surface area (Å²) in [5.41, 5.74) is 1.72. The third-order valence-corrected chi connectivity index (χ3v) is 3.98. The number of anilines is 4. The first-order valence-corrected chi connectivity index (χ1v) is 9.68. The number of amides is 2. The Morgan fingerprint density at radius 1 is 0.967 bits per heavy atom. The summed E-state index contributed by atoms with van der Waals surface area (Å²) in [5.74, 6) is 2.55. The Hall–Kier alpha value is -3.88. The van der Waals surface area contributed by atoms with Crippen molar-refractivity contribution in [1.82, 2.24) is 20.5 Å². The van der Waals surface area contributed by atoms with Crippen LogP contribution in [-0.2, 0) is 0 Å².